The van der Waals surface area contributed by atoms with E-state index in [1.807, 2.05) is 0 Å². The van der Waals surface area contributed by atoms with Gasteiger partial charge in [0, 0.05) is 19.6 Å². The molecule has 178 valence electrons. The predicted octanol–water partition coefficient (Wildman–Crippen LogP) is 5.68. The number of fused-ring (bicyclic) bond motifs is 1. The first-order chi connectivity index (χ1) is 16.1. The highest BCUT2D eigenvalue weighted by Gasteiger charge is 2.25. The van der Waals surface area contributed by atoms with Gasteiger partial charge in [0.1, 0.15) is 24.2 Å². The normalized spacial score (nSPS) is 24.3. The first-order valence-corrected chi connectivity index (χ1v) is 13.1. The molecule has 4 nitrogen and oxygen atoms in total. The van der Waals surface area contributed by atoms with Gasteiger partial charge in [-0.1, -0.05) is 31.9 Å². The first-order valence-electron chi connectivity index (χ1n) is 13.1. The van der Waals surface area contributed by atoms with Gasteiger partial charge in [0.2, 0.25) is 0 Å². The van der Waals surface area contributed by atoms with E-state index in [9.17, 15) is 0 Å². The lowest BCUT2D eigenvalue weighted by atomic mass is 9.76. The van der Waals surface area contributed by atoms with E-state index in [1.54, 1.807) is 11.1 Å². The van der Waals surface area contributed by atoms with Gasteiger partial charge >= 0.3 is 0 Å². The van der Waals surface area contributed by atoms with Crippen molar-refractivity contribution >= 4 is 0 Å². The van der Waals surface area contributed by atoms with Gasteiger partial charge in [0.05, 0.1) is 0 Å². The predicted molar refractivity (Wildman–Crippen MR) is 134 cm³/mol. The molecule has 4 heteroatoms. The second-order valence-electron chi connectivity index (χ2n) is 10.6. The molecule has 0 spiro atoms. The highest BCUT2D eigenvalue weighted by molar-refractivity contribution is 5.45. The van der Waals surface area contributed by atoms with Gasteiger partial charge in [0.15, 0.2) is 0 Å². The number of ether oxygens (including phenoxy) is 2. The minimum absolute atomic E-state index is 0.342. The van der Waals surface area contributed by atoms with Crippen LogP contribution in [0.2, 0.25) is 0 Å². The molecule has 1 saturated heterocycles. The molecule has 2 aromatic carbocycles. The van der Waals surface area contributed by atoms with Crippen LogP contribution in [0, 0.1) is 5.92 Å². The highest BCUT2D eigenvalue weighted by Crippen LogP contribution is 2.40. The molecule has 2 aliphatic heterocycles. The van der Waals surface area contributed by atoms with Crippen LogP contribution in [0.25, 0.3) is 0 Å². The van der Waals surface area contributed by atoms with E-state index in [0.29, 0.717) is 18.6 Å². The van der Waals surface area contributed by atoms with Crippen molar-refractivity contribution in [2.75, 3.05) is 26.7 Å². The number of rotatable bonds is 6. The van der Waals surface area contributed by atoms with Crippen LogP contribution in [0.5, 0.6) is 11.5 Å². The minimum atomic E-state index is 0.342. The molecule has 1 N–H and O–H groups in total. The zero-order chi connectivity index (χ0) is 22.6. The summed E-state index contributed by atoms with van der Waals surface area (Å²) in [4.78, 5) is 2.37. The van der Waals surface area contributed by atoms with Crippen LogP contribution < -0.4 is 14.8 Å². The fraction of sp³-hybridized carbons (Fsp3) is 0.586. The third-order valence-corrected chi connectivity index (χ3v) is 7.90. The fourth-order valence-corrected chi connectivity index (χ4v) is 5.89. The molecule has 2 atom stereocenters. The Morgan fingerprint density at radius 1 is 1.00 bits per heavy atom. The molecule has 5 rings (SSSR count). The van der Waals surface area contributed by atoms with Crippen molar-refractivity contribution in [2.45, 2.75) is 77.0 Å². The molecule has 1 aliphatic carbocycles. The van der Waals surface area contributed by atoms with Gasteiger partial charge in [-0.2, -0.15) is 0 Å². The smallest absolute Gasteiger partial charge is 0.120 e. The van der Waals surface area contributed by atoms with E-state index in [-0.39, 0.29) is 0 Å². The Bertz CT molecular complexity index is 918. The number of piperidine rings is 1. The number of likely N-dealkylation sites (tertiary alicyclic amines) is 1. The van der Waals surface area contributed by atoms with E-state index >= 15 is 0 Å². The quantitative estimate of drug-likeness (QED) is 0.617. The van der Waals surface area contributed by atoms with Crippen molar-refractivity contribution in [1.29, 1.82) is 0 Å². The van der Waals surface area contributed by atoms with Crippen molar-refractivity contribution in [3.8, 4) is 11.5 Å². The van der Waals surface area contributed by atoms with Gasteiger partial charge in [0.25, 0.3) is 0 Å². The molecule has 2 unspecified atom stereocenters. The molecule has 0 amide bonds. The van der Waals surface area contributed by atoms with Crippen LogP contribution in [0.1, 0.15) is 73.6 Å². The third kappa shape index (κ3) is 5.73. The average Bonchev–Trinajstić information content (AvgIpc) is 2.84. The summed E-state index contributed by atoms with van der Waals surface area (Å²) in [5, 5.41) is 3.59. The Morgan fingerprint density at radius 2 is 1.82 bits per heavy atom. The minimum Gasteiger partial charge on any atom is -0.490 e. The van der Waals surface area contributed by atoms with Gasteiger partial charge in [-0.15, -0.1) is 0 Å². The van der Waals surface area contributed by atoms with Crippen LogP contribution in [0.15, 0.2) is 36.4 Å². The molecule has 0 radical (unpaired) electrons. The molecule has 2 fully saturated rings. The zero-order valence-electron chi connectivity index (χ0n) is 20.4. The number of nitrogens with zero attached hydrogens (tertiary/aromatic N) is 1. The molecule has 1 saturated carbocycles. The maximum Gasteiger partial charge on any atom is 0.120 e. The molecule has 33 heavy (non-hydrogen) atoms. The molecular weight excluding hydrogens is 408 g/mol. The summed E-state index contributed by atoms with van der Waals surface area (Å²) in [5.74, 6) is 3.52. The largest absolute Gasteiger partial charge is 0.490 e. The van der Waals surface area contributed by atoms with E-state index < -0.39 is 0 Å². The second-order valence-corrected chi connectivity index (χ2v) is 10.6. The van der Waals surface area contributed by atoms with Gasteiger partial charge in [-0.25, -0.2) is 0 Å². The first kappa shape index (κ1) is 22.7. The van der Waals surface area contributed by atoms with Crippen LogP contribution in [-0.2, 0) is 19.6 Å². The lowest BCUT2D eigenvalue weighted by molar-refractivity contribution is 0.114. The van der Waals surface area contributed by atoms with Crippen LogP contribution in [0.4, 0.5) is 0 Å². The van der Waals surface area contributed by atoms with Crippen molar-refractivity contribution in [3.05, 3.63) is 58.7 Å². The van der Waals surface area contributed by atoms with Crippen LogP contribution in [0.3, 0.4) is 0 Å². The summed E-state index contributed by atoms with van der Waals surface area (Å²) in [6, 6.07) is 13.1. The molecule has 2 heterocycles. The summed E-state index contributed by atoms with van der Waals surface area (Å²) in [5.41, 5.74) is 5.77. The number of nitrogens with one attached hydrogen (secondary N) is 1. The standard InChI is InChI=1S/C29H40N2O2/c1-21-4-3-5-23(16-21)28-18-27(17-24-10-13-30-19-29(24)28)32-20-22-6-8-25(9-7-22)33-26-11-14-31(2)15-12-26/h6-9,17-18,21,23,26,30H,3-5,10-16,19-20H2,1-2H3. The summed E-state index contributed by atoms with van der Waals surface area (Å²) < 4.78 is 12.6. The fourth-order valence-electron chi connectivity index (χ4n) is 5.89. The molecule has 0 bridgehead atoms. The SMILES string of the molecule is CC1CCCC(c2cc(OCc3ccc(OC4CCN(C)CC4)cc3)cc3c2CNCC3)C1. The zero-order valence-corrected chi connectivity index (χ0v) is 20.4. The van der Waals surface area contributed by atoms with Crippen molar-refractivity contribution in [1.82, 2.24) is 10.2 Å². The van der Waals surface area contributed by atoms with Gasteiger partial charge in [-0.3, -0.25) is 0 Å². The summed E-state index contributed by atoms with van der Waals surface area (Å²) in [6.07, 6.45) is 9.03. The Morgan fingerprint density at radius 3 is 2.61 bits per heavy atom. The van der Waals surface area contributed by atoms with Crippen LogP contribution in [-0.4, -0.2) is 37.7 Å². The molecular formula is C29H40N2O2. The Balaban J connectivity index is 1.24. The second kappa shape index (κ2) is 10.5. The third-order valence-electron chi connectivity index (χ3n) is 7.90. The van der Waals surface area contributed by atoms with E-state index in [4.69, 9.17) is 9.47 Å². The van der Waals surface area contributed by atoms with Gasteiger partial charge < -0.3 is 19.7 Å². The topological polar surface area (TPSA) is 33.7 Å². The Hall–Kier alpha value is -2.04. The van der Waals surface area contributed by atoms with E-state index in [1.165, 1.54) is 36.8 Å². The summed E-state index contributed by atoms with van der Waals surface area (Å²) in [6.45, 7) is 7.33. The van der Waals surface area contributed by atoms with E-state index in [0.717, 1.165) is 62.9 Å². The lowest BCUT2D eigenvalue weighted by Crippen LogP contribution is -2.35. The number of hydrogen-bond acceptors (Lipinski definition) is 4. The Labute approximate surface area is 199 Å². The lowest BCUT2D eigenvalue weighted by Gasteiger charge is -2.31. The summed E-state index contributed by atoms with van der Waals surface area (Å²) >= 11 is 0. The maximum atomic E-state index is 6.35. The number of benzene rings is 2. The van der Waals surface area contributed by atoms with Gasteiger partial charge in [-0.05, 0) is 104 Å². The van der Waals surface area contributed by atoms with Crippen LogP contribution >= 0.6 is 0 Å². The van der Waals surface area contributed by atoms with Crippen molar-refractivity contribution < 1.29 is 9.47 Å². The van der Waals surface area contributed by atoms with Crippen molar-refractivity contribution in [3.63, 3.8) is 0 Å². The van der Waals surface area contributed by atoms with Crippen molar-refractivity contribution in [2.24, 2.45) is 5.92 Å². The average molecular weight is 449 g/mol. The molecule has 3 aliphatic rings. The Kier molecular flexibility index (Phi) is 7.22. The molecule has 0 aromatic heterocycles. The highest BCUT2D eigenvalue weighted by atomic mass is 16.5. The van der Waals surface area contributed by atoms with E-state index in [2.05, 4.69) is 60.6 Å². The summed E-state index contributed by atoms with van der Waals surface area (Å²) in [7, 11) is 2.18. The number of hydrogen-bond donors (Lipinski definition) is 1. The maximum absolute atomic E-state index is 6.35. The molecule has 2 aromatic rings. The monoisotopic (exact) mass is 448 g/mol.